The van der Waals surface area contributed by atoms with Gasteiger partial charge < -0.3 is 4.57 Å². The molecule has 0 atom stereocenters. The van der Waals surface area contributed by atoms with Crippen molar-refractivity contribution >= 4 is 21.8 Å². The van der Waals surface area contributed by atoms with E-state index in [9.17, 15) is 0 Å². The number of benzene rings is 6. The number of hydrogen-bond acceptors (Lipinski definition) is 1. The summed E-state index contributed by atoms with van der Waals surface area (Å²) in [6.45, 7) is 0. The first-order valence-electron chi connectivity index (χ1n) is 14.0. The first-order valence-corrected chi connectivity index (χ1v) is 14.0. The van der Waals surface area contributed by atoms with Crippen LogP contribution in [0.2, 0.25) is 0 Å². The van der Waals surface area contributed by atoms with Crippen molar-refractivity contribution in [2.45, 2.75) is 0 Å². The highest BCUT2D eigenvalue weighted by Gasteiger charge is 2.19. The third kappa shape index (κ3) is 4.00. The number of fused-ring (bicyclic) bond motifs is 5. The summed E-state index contributed by atoms with van der Waals surface area (Å²) in [5, 5.41) is 2.33. The Kier molecular flexibility index (Phi) is 5.49. The SMILES string of the molecule is c1ccc(-c2ccc(-c3ccc(-n4cc5c6ccccc6nc-5c5ccccc54)c(-c4ccccc4)c3)cc2)cc1. The molecule has 41 heavy (non-hydrogen) atoms. The maximum Gasteiger partial charge on any atom is 0.0824 e. The molecule has 6 aromatic carbocycles. The Morgan fingerprint density at radius 2 is 0.976 bits per heavy atom. The third-order valence-corrected chi connectivity index (χ3v) is 8.02. The van der Waals surface area contributed by atoms with Gasteiger partial charge in [0.1, 0.15) is 0 Å². The summed E-state index contributed by atoms with van der Waals surface area (Å²) in [4.78, 5) is 5.03. The van der Waals surface area contributed by atoms with E-state index >= 15 is 0 Å². The molecule has 0 N–H and O–H groups in total. The lowest BCUT2D eigenvalue weighted by Crippen LogP contribution is -2.02. The van der Waals surface area contributed by atoms with E-state index < -0.39 is 0 Å². The average molecular weight is 523 g/mol. The summed E-state index contributed by atoms with van der Waals surface area (Å²) in [6.07, 6.45) is 2.27. The maximum absolute atomic E-state index is 5.03. The predicted molar refractivity (Wildman–Crippen MR) is 172 cm³/mol. The van der Waals surface area contributed by atoms with Gasteiger partial charge in [0.25, 0.3) is 0 Å². The Bertz CT molecular complexity index is 2120. The molecular weight excluding hydrogens is 496 g/mol. The first kappa shape index (κ1) is 23.4. The molecule has 0 amide bonds. The molecule has 8 rings (SSSR count). The molecule has 192 valence electrons. The van der Waals surface area contributed by atoms with Crippen LogP contribution < -0.4 is 0 Å². The van der Waals surface area contributed by atoms with Crippen LogP contribution in [0.1, 0.15) is 0 Å². The van der Waals surface area contributed by atoms with Crippen LogP contribution >= 0.6 is 0 Å². The molecule has 0 saturated carbocycles. The van der Waals surface area contributed by atoms with E-state index in [1.54, 1.807) is 0 Å². The molecule has 0 aromatic heterocycles. The topological polar surface area (TPSA) is 17.8 Å². The van der Waals surface area contributed by atoms with Crippen LogP contribution in [0.5, 0.6) is 0 Å². The lowest BCUT2D eigenvalue weighted by molar-refractivity contribution is 1.11. The Balaban J connectivity index is 1.34. The number of nitrogens with zero attached hydrogens (tertiary/aromatic N) is 2. The van der Waals surface area contributed by atoms with Crippen molar-refractivity contribution in [3.63, 3.8) is 0 Å². The largest absolute Gasteiger partial charge is 0.315 e. The number of pyridine rings is 1. The summed E-state index contributed by atoms with van der Waals surface area (Å²) in [7, 11) is 0. The van der Waals surface area contributed by atoms with Crippen LogP contribution in [0.4, 0.5) is 0 Å². The van der Waals surface area contributed by atoms with Gasteiger partial charge in [-0.2, -0.15) is 0 Å². The Morgan fingerprint density at radius 1 is 0.415 bits per heavy atom. The van der Waals surface area contributed by atoms with E-state index in [2.05, 4.69) is 162 Å². The van der Waals surface area contributed by atoms with Gasteiger partial charge in [0.05, 0.1) is 22.4 Å². The lowest BCUT2D eigenvalue weighted by Gasteiger charge is -2.19. The fourth-order valence-corrected chi connectivity index (χ4v) is 5.99. The molecule has 6 aromatic rings. The first-order chi connectivity index (χ1) is 20.3. The molecule has 0 saturated heterocycles. The minimum Gasteiger partial charge on any atom is -0.315 e. The van der Waals surface area contributed by atoms with Crippen LogP contribution in [0.15, 0.2) is 158 Å². The molecule has 2 heteroatoms. The Morgan fingerprint density at radius 3 is 1.73 bits per heavy atom. The number of aromatic nitrogens is 2. The second-order valence-corrected chi connectivity index (χ2v) is 10.4. The van der Waals surface area contributed by atoms with Gasteiger partial charge in [0.2, 0.25) is 0 Å². The second kappa shape index (κ2) is 9.62. The quantitative estimate of drug-likeness (QED) is 0.225. The molecule has 2 aliphatic heterocycles. The standard InChI is InChI=1S/C39H26N2/c1-3-11-27(12-4-1)28-19-21-29(22-20-28)31-23-24-38(34(25-31)30-13-5-2-6-14-30)41-26-35-32-15-7-9-17-36(32)40-39(35)33-16-8-10-18-37(33)41/h1-26H. The van der Waals surface area contributed by atoms with Gasteiger partial charge in [-0.05, 0) is 52.1 Å². The van der Waals surface area contributed by atoms with Gasteiger partial charge in [-0.1, -0.05) is 127 Å². The summed E-state index contributed by atoms with van der Waals surface area (Å²) >= 11 is 0. The summed E-state index contributed by atoms with van der Waals surface area (Å²) < 4.78 is 2.34. The zero-order chi connectivity index (χ0) is 27.2. The predicted octanol–water partition coefficient (Wildman–Crippen LogP) is 10.3. The van der Waals surface area contributed by atoms with Crippen molar-refractivity contribution in [3.05, 3.63) is 158 Å². The highest BCUT2D eigenvalue weighted by atomic mass is 15.0. The molecule has 2 heterocycles. The van der Waals surface area contributed by atoms with Gasteiger partial charge in [-0.25, -0.2) is 4.98 Å². The van der Waals surface area contributed by atoms with Crippen LogP contribution in [0.25, 0.3) is 72.1 Å². The van der Waals surface area contributed by atoms with Crippen molar-refractivity contribution in [1.82, 2.24) is 9.55 Å². The minimum absolute atomic E-state index is 1.03. The Labute approximate surface area is 239 Å². The van der Waals surface area contributed by atoms with Gasteiger partial charge in [-0.3, -0.25) is 0 Å². The van der Waals surface area contributed by atoms with Gasteiger partial charge in [0.15, 0.2) is 0 Å². The molecule has 2 aliphatic rings. The molecule has 0 bridgehead atoms. The van der Waals surface area contributed by atoms with Crippen LogP contribution in [0, 0.1) is 0 Å². The lowest BCUT2D eigenvalue weighted by atomic mass is 9.95. The van der Waals surface area contributed by atoms with Gasteiger partial charge >= 0.3 is 0 Å². The van der Waals surface area contributed by atoms with E-state index in [0.717, 1.165) is 27.8 Å². The van der Waals surface area contributed by atoms with Gasteiger partial charge in [0, 0.05) is 28.1 Å². The van der Waals surface area contributed by atoms with Crippen molar-refractivity contribution in [2.24, 2.45) is 0 Å². The van der Waals surface area contributed by atoms with Crippen molar-refractivity contribution in [3.8, 4) is 50.3 Å². The summed E-state index contributed by atoms with van der Waals surface area (Å²) in [6, 6.07) is 53.9. The van der Waals surface area contributed by atoms with E-state index in [-0.39, 0.29) is 0 Å². The smallest absolute Gasteiger partial charge is 0.0824 e. The monoisotopic (exact) mass is 522 g/mol. The van der Waals surface area contributed by atoms with Gasteiger partial charge in [-0.15, -0.1) is 0 Å². The average Bonchev–Trinajstić information content (AvgIpc) is 3.44. The van der Waals surface area contributed by atoms with E-state index in [4.69, 9.17) is 4.98 Å². The van der Waals surface area contributed by atoms with Crippen molar-refractivity contribution < 1.29 is 0 Å². The van der Waals surface area contributed by atoms with E-state index in [1.807, 2.05) is 0 Å². The fourth-order valence-electron chi connectivity index (χ4n) is 5.99. The minimum atomic E-state index is 1.03. The molecule has 2 nitrogen and oxygen atoms in total. The maximum atomic E-state index is 5.03. The molecular formula is C39H26N2. The normalized spacial score (nSPS) is 11.4. The van der Waals surface area contributed by atoms with E-state index in [0.29, 0.717) is 0 Å². The zero-order valence-electron chi connectivity index (χ0n) is 22.4. The number of hydrogen-bond donors (Lipinski definition) is 0. The zero-order valence-corrected chi connectivity index (χ0v) is 22.4. The number of rotatable bonds is 4. The highest BCUT2D eigenvalue weighted by molar-refractivity contribution is 6.07. The van der Waals surface area contributed by atoms with Crippen molar-refractivity contribution in [1.29, 1.82) is 0 Å². The third-order valence-electron chi connectivity index (χ3n) is 8.02. The molecule has 0 aliphatic carbocycles. The summed E-state index contributed by atoms with van der Waals surface area (Å²) in [5.74, 6) is 0. The highest BCUT2D eigenvalue weighted by Crippen LogP contribution is 2.40. The molecule has 0 unspecified atom stereocenters. The van der Waals surface area contributed by atoms with Crippen LogP contribution in [-0.4, -0.2) is 9.55 Å². The molecule has 0 radical (unpaired) electrons. The van der Waals surface area contributed by atoms with Crippen LogP contribution in [0.3, 0.4) is 0 Å². The Hall–Kier alpha value is -5.47. The summed E-state index contributed by atoms with van der Waals surface area (Å²) in [5.41, 5.74) is 12.7. The molecule has 0 spiro atoms. The second-order valence-electron chi connectivity index (χ2n) is 10.4. The van der Waals surface area contributed by atoms with Crippen molar-refractivity contribution in [2.75, 3.05) is 0 Å². The number of para-hydroxylation sites is 2. The molecule has 0 fully saturated rings. The van der Waals surface area contributed by atoms with Crippen LogP contribution in [-0.2, 0) is 0 Å². The fraction of sp³-hybridized carbons (Fsp3) is 0. The van der Waals surface area contributed by atoms with E-state index in [1.165, 1.54) is 44.3 Å².